The van der Waals surface area contributed by atoms with Crippen LogP contribution in [0.1, 0.15) is 46.8 Å². The fourth-order valence-corrected chi connectivity index (χ4v) is 3.89. The molecular weight excluding hydrogens is 420 g/mol. The number of aryl methyl sites for hydroxylation is 2. The number of unbranched alkanes of at least 4 members (excludes halogenated alkanes) is 1. The van der Waals surface area contributed by atoms with E-state index in [1.54, 1.807) is 25.3 Å². The van der Waals surface area contributed by atoms with E-state index in [0.717, 1.165) is 17.5 Å². The second-order valence-electron chi connectivity index (χ2n) is 8.08. The van der Waals surface area contributed by atoms with Crippen LogP contribution in [0.15, 0.2) is 52.1 Å². The molecule has 0 atom stereocenters. The van der Waals surface area contributed by atoms with E-state index in [0.29, 0.717) is 29.8 Å². The van der Waals surface area contributed by atoms with Gasteiger partial charge in [0.15, 0.2) is 5.69 Å². The largest absolute Gasteiger partial charge is 0.496 e. The molecule has 8 heteroatoms. The second-order valence-corrected chi connectivity index (χ2v) is 8.08. The zero-order chi connectivity index (χ0) is 24.1. The summed E-state index contributed by atoms with van der Waals surface area (Å²) >= 11 is 0. The number of H-pyrrole nitrogens is 1. The number of rotatable bonds is 8. The molecule has 3 aromatic rings. The summed E-state index contributed by atoms with van der Waals surface area (Å²) in [5, 5.41) is 0. The van der Waals surface area contributed by atoms with Crippen molar-refractivity contribution in [1.29, 1.82) is 0 Å². The van der Waals surface area contributed by atoms with Crippen LogP contribution in [0.25, 0.3) is 0 Å². The number of anilines is 2. The van der Waals surface area contributed by atoms with Crippen LogP contribution in [0.2, 0.25) is 0 Å². The minimum Gasteiger partial charge on any atom is -0.496 e. The Morgan fingerprint density at radius 3 is 2.42 bits per heavy atom. The highest BCUT2D eigenvalue weighted by atomic mass is 16.5. The van der Waals surface area contributed by atoms with E-state index in [2.05, 4.69) is 4.98 Å². The third-order valence-corrected chi connectivity index (χ3v) is 5.45. The van der Waals surface area contributed by atoms with E-state index < -0.39 is 17.2 Å². The molecule has 0 unspecified atom stereocenters. The number of nitrogen functional groups attached to an aromatic ring is 1. The first-order chi connectivity index (χ1) is 15.8. The molecule has 0 radical (unpaired) electrons. The topological polar surface area (TPSA) is 110 Å². The Kier molecular flexibility index (Phi) is 7.37. The predicted molar refractivity (Wildman–Crippen MR) is 130 cm³/mol. The molecule has 1 heterocycles. The second kappa shape index (κ2) is 10.2. The van der Waals surface area contributed by atoms with Gasteiger partial charge >= 0.3 is 5.69 Å². The van der Waals surface area contributed by atoms with Crippen molar-refractivity contribution in [1.82, 2.24) is 9.55 Å². The highest BCUT2D eigenvalue weighted by Crippen LogP contribution is 2.26. The standard InChI is InChI=1S/C25H30N4O4/c1-5-6-11-28-22(26)21(23(30)27-25(28)32)29(15-18-9-7-8-10-20(18)33-4)24(31)19-13-16(2)12-17(3)14-19/h7-10,12-14H,5-6,11,15,26H2,1-4H3,(H,27,30,32). The first kappa shape index (κ1) is 23.8. The molecule has 1 amide bonds. The third-order valence-electron chi connectivity index (χ3n) is 5.45. The van der Waals surface area contributed by atoms with Gasteiger partial charge in [-0.15, -0.1) is 0 Å². The van der Waals surface area contributed by atoms with Gasteiger partial charge in [0.25, 0.3) is 11.5 Å². The Morgan fingerprint density at radius 1 is 1.12 bits per heavy atom. The van der Waals surface area contributed by atoms with Crippen molar-refractivity contribution in [3.8, 4) is 5.75 Å². The lowest BCUT2D eigenvalue weighted by atomic mass is 10.1. The average Bonchev–Trinajstić information content (AvgIpc) is 2.77. The highest BCUT2D eigenvalue weighted by Gasteiger charge is 2.26. The molecule has 33 heavy (non-hydrogen) atoms. The van der Waals surface area contributed by atoms with Gasteiger partial charge in [0.05, 0.1) is 13.7 Å². The molecule has 3 rings (SSSR count). The number of hydrogen-bond donors (Lipinski definition) is 2. The smallest absolute Gasteiger partial charge is 0.330 e. The summed E-state index contributed by atoms with van der Waals surface area (Å²) in [6.45, 7) is 6.17. The summed E-state index contributed by atoms with van der Waals surface area (Å²) in [5.74, 6) is 0.139. The SMILES string of the molecule is CCCCn1c(N)c(N(Cc2ccccc2OC)C(=O)c2cc(C)cc(C)c2)c(=O)[nH]c1=O. The quantitative estimate of drug-likeness (QED) is 0.547. The van der Waals surface area contributed by atoms with Gasteiger partial charge in [0.2, 0.25) is 0 Å². The van der Waals surface area contributed by atoms with E-state index in [-0.39, 0.29) is 18.1 Å². The number of carbonyl (C=O) groups is 1. The van der Waals surface area contributed by atoms with Crippen molar-refractivity contribution in [2.45, 2.75) is 46.7 Å². The molecule has 174 valence electrons. The van der Waals surface area contributed by atoms with Crippen LogP contribution >= 0.6 is 0 Å². The van der Waals surface area contributed by atoms with Gasteiger partial charge in [-0.2, -0.15) is 0 Å². The number of carbonyl (C=O) groups excluding carboxylic acids is 1. The first-order valence-electron chi connectivity index (χ1n) is 10.9. The average molecular weight is 451 g/mol. The van der Waals surface area contributed by atoms with Crippen molar-refractivity contribution in [2.24, 2.45) is 0 Å². The van der Waals surface area contributed by atoms with Crippen LogP contribution in [0.5, 0.6) is 5.75 Å². The summed E-state index contributed by atoms with van der Waals surface area (Å²) in [6, 6.07) is 12.7. The van der Waals surface area contributed by atoms with Gasteiger partial charge < -0.3 is 10.5 Å². The van der Waals surface area contributed by atoms with E-state index in [1.165, 1.54) is 9.47 Å². The fraction of sp³-hybridized carbons (Fsp3) is 0.320. The van der Waals surface area contributed by atoms with E-state index in [4.69, 9.17) is 10.5 Å². The number of ether oxygens (including phenoxy) is 1. The zero-order valence-electron chi connectivity index (χ0n) is 19.5. The van der Waals surface area contributed by atoms with Gasteiger partial charge in [-0.3, -0.25) is 24.0 Å². The van der Waals surface area contributed by atoms with Crippen LogP contribution in [-0.2, 0) is 13.1 Å². The number of amides is 1. The molecule has 1 aromatic heterocycles. The van der Waals surface area contributed by atoms with Crippen LogP contribution in [0, 0.1) is 13.8 Å². The number of benzene rings is 2. The lowest BCUT2D eigenvalue weighted by Gasteiger charge is -2.25. The molecule has 3 N–H and O–H groups in total. The summed E-state index contributed by atoms with van der Waals surface area (Å²) in [7, 11) is 1.54. The summed E-state index contributed by atoms with van der Waals surface area (Å²) < 4.78 is 6.76. The van der Waals surface area contributed by atoms with Crippen molar-refractivity contribution in [3.63, 3.8) is 0 Å². The molecule has 0 aliphatic rings. The van der Waals surface area contributed by atoms with Crippen molar-refractivity contribution in [3.05, 3.63) is 85.6 Å². The molecule has 0 bridgehead atoms. The molecule has 0 fully saturated rings. The normalized spacial score (nSPS) is 10.8. The molecule has 8 nitrogen and oxygen atoms in total. The molecule has 0 aliphatic heterocycles. The van der Waals surface area contributed by atoms with E-state index in [9.17, 15) is 14.4 Å². The lowest BCUT2D eigenvalue weighted by Crippen LogP contribution is -2.41. The zero-order valence-corrected chi connectivity index (χ0v) is 19.5. The molecule has 0 saturated heterocycles. The Hall–Kier alpha value is -3.81. The summed E-state index contributed by atoms with van der Waals surface area (Å²) in [4.78, 5) is 42.8. The molecule has 0 saturated carbocycles. The number of para-hydroxylation sites is 1. The molecule has 0 aliphatic carbocycles. The Balaban J connectivity index is 2.22. The van der Waals surface area contributed by atoms with E-state index >= 15 is 0 Å². The highest BCUT2D eigenvalue weighted by molar-refractivity contribution is 6.07. The molecule has 2 aromatic carbocycles. The van der Waals surface area contributed by atoms with Crippen molar-refractivity contribution >= 4 is 17.4 Å². The lowest BCUT2D eigenvalue weighted by molar-refractivity contribution is 0.0984. The van der Waals surface area contributed by atoms with Crippen LogP contribution < -0.4 is 26.6 Å². The number of hydrogen-bond acceptors (Lipinski definition) is 5. The monoisotopic (exact) mass is 450 g/mol. The summed E-state index contributed by atoms with van der Waals surface area (Å²) in [5.41, 5.74) is 7.95. The van der Waals surface area contributed by atoms with Gasteiger partial charge in [-0.25, -0.2) is 4.79 Å². The van der Waals surface area contributed by atoms with Crippen LogP contribution in [-0.4, -0.2) is 22.6 Å². The Bertz CT molecular complexity index is 1260. The van der Waals surface area contributed by atoms with Crippen molar-refractivity contribution in [2.75, 3.05) is 17.7 Å². The number of nitrogens with two attached hydrogens (primary N) is 1. The van der Waals surface area contributed by atoms with E-state index in [1.807, 2.05) is 45.0 Å². The van der Waals surface area contributed by atoms with Gasteiger partial charge in [0, 0.05) is 17.7 Å². The van der Waals surface area contributed by atoms with Crippen LogP contribution in [0.4, 0.5) is 11.5 Å². The number of aromatic nitrogens is 2. The van der Waals surface area contributed by atoms with Gasteiger partial charge in [-0.05, 0) is 38.5 Å². The molecule has 0 spiro atoms. The van der Waals surface area contributed by atoms with Crippen LogP contribution in [0.3, 0.4) is 0 Å². The number of methoxy groups -OCH3 is 1. The molecular formula is C25H30N4O4. The number of nitrogens with one attached hydrogen (secondary N) is 1. The predicted octanol–water partition coefficient (Wildman–Crippen LogP) is 3.39. The maximum atomic E-state index is 13.8. The fourth-order valence-electron chi connectivity index (χ4n) is 3.89. The third kappa shape index (κ3) is 5.16. The van der Waals surface area contributed by atoms with Gasteiger partial charge in [-0.1, -0.05) is 48.7 Å². The van der Waals surface area contributed by atoms with Crippen molar-refractivity contribution < 1.29 is 9.53 Å². The minimum absolute atomic E-state index is 0.0368. The first-order valence-corrected chi connectivity index (χ1v) is 10.9. The number of aromatic amines is 1. The van der Waals surface area contributed by atoms with Gasteiger partial charge in [0.1, 0.15) is 11.6 Å². The maximum absolute atomic E-state index is 13.8. The minimum atomic E-state index is -0.710. The maximum Gasteiger partial charge on any atom is 0.330 e. The Labute approximate surface area is 192 Å². The number of nitrogens with zero attached hydrogens (tertiary/aromatic N) is 2. The Morgan fingerprint density at radius 2 is 1.79 bits per heavy atom. The summed E-state index contributed by atoms with van der Waals surface area (Å²) in [6.07, 6.45) is 1.54.